The van der Waals surface area contributed by atoms with Crippen LogP contribution in [0.2, 0.25) is 0 Å². The van der Waals surface area contributed by atoms with Crippen molar-refractivity contribution < 1.29 is 0 Å². The number of hydrogen-bond donors (Lipinski definition) is 1. The number of anilines is 1. The molecule has 1 aliphatic rings. The Morgan fingerprint density at radius 2 is 2.33 bits per heavy atom. The van der Waals surface area contributed by atoms with Crippen molar-refractivity contribution in [3.05, 3.63) is 22.7 Å². The lowest BCUT2D eigenvalue weighted by molar-refractivity contribution is 0.488. The summed E-state index contributed by atoms with van der Waals surface area (Å²) < 4.78 is 1.74. The minimum atomic E-state index is 0.000278. The Bertz CT molecular complexity index is 455. The van der Waals surface area contributed by atoms with Crippen molar-refractivity contribution >= 4 is 5.82 Å². The Morgan fingerprint density at radius 1 is 1.56 bits per heavy atom. The number of nitrogens with zero attached hydrogens (tertiary/aromatic N) is 3. The van der Waals surface area contributed by atoms with Crippen LogP contribution in [0.5, 0.6) is 0 Å². The minimum absolute atomic E-state index is 0.000278. The van der Waals surface area contributed by atoms with Crippen LogP contribution in [0.1, 0.15) is 26.7 Å². The molecule has 1 atom stereocenters. The molecule has 0 saturated carbocycles. The Labute approximate surface area is 108 Å². The summed E-state index contributed by atoms with van der Waals surface area (Å²) in [5.74, 6) is 0.995. The van der Waals surface area contributed by atoms with Gasteiger partial charge in [0.15, 0.2) is 5.82 Å². The first-order valence-electron chi connectivity index (χ1n) is 6.64. The van der Waals surface area contributed by atoms with Crippen LogP contribution in [0.3, 0.4) is 0 Å². The quantitative estimate of drug-likeness (QED) is 0.863. The van der Waals surface area contributed by atoms with Gasteiger partial charge in [-0.05, 0) is 18.8 Å². The van der Waals surface area contributed by atoms with Crippen LogP contribution in [0.4, 0.5) is 5.82 Å². The molecule has 100 valence electrons. The highest BCUT2D eigenvalue weighted by atomic mass is 16.1. The van der Waals surface area contributed by atoms with Crippen LogP contribution < -0.4 is 16.2 Å². The molecular formula is C13H22N4O. The highest BCUT2D eigenvalue weighted by molar-refractivity contribution is 5.36. The smallest absolute Gasteiger partial charge is 0.293 e. The lowest BCUT2D eigenvalue weighted by Crippen LogP contribution is -2.45. The first kappa shape index (κ1) is 13.1. The van der Waals surface area contributed by atoms with Gasteiger partial charge < -0.3 is 15.2 Å². The summed E-state index contributed by atoms with van der Waals surface area (Å²) in [5, 5.41) is 0. The van der Waals surface area contributed by atoms with Gasteiger partial charge in [-0.3, -0.25) is 4.79 Å². The normalized spacial score (nSPS) is 20.4. The molecule has 1 aromatic rings. The average molecular weight is 250 g/mol. The van der Waals surface area contributed by atoms with Crippen molar-refractivity contribution in [3.8, 4) is 0 Å². The number of aromatic nitrogens is 2. The third kappa shape index (κ3) is 2.90. The SMILES string of the molecule is CC(C)Cn1ccnc(N2CCCC(N)C2)c1=O. The van der Waals surface area contributed by atoms with Crippen LogP contribution in [-0.2, 0) is 6.54 Å². The monoisotopic (exact) mass is 250 g/mol. The van der Waals surface area contributed by atoms with E-state index < -0.39 is 0 Å². The van der Waals surface area contributed by atoms with Crippen LogP contribution in [-0.4, -0.2) is 28.7 Å². The van der Waals surface area contributed by atoms with Gasteiger partial charge >= 0.3 is 0 Å². The zero-order valence-corrected chi connectivity index (χ0v) is 11.2. The van der Waals surface area contributed by atoms with Gasteiger partial charge in [0.05, 0.1) is 0 Å². The van der Waals surface area contributed by atoms with Crippen molar-refractivity contribution in [2.45, 2.75) is 39.3 Å². The zero-order chi connectivity index (χ0) is 13.1. The van der Waals surface area contributed by atoms with E-state index >= 15 is 0 Å². The van der Waals surface area contributed by atoms with Crippen molar-refractivity contribution in [3.63, 3.8) is 0 Å². The van der Waals surface area contributed by atoms with Crippen molar-refractivity contribution in [1.29, 1.82) is 0 Å². The summed E-state index contributed by atoms with van der Waals surface area (Å²) in [6, 6.07) is 0.152. The topological polar surface area (TPSA) is 64.2 Å². The number of hydrogen-bond acceptors (Lipinski definition) is 4. The van der Waals surface area contributed by atoms with Crippen LogP contribution >= 0.6 is 0 Å². The highest BCUT2D eigenvalue weighted by Gasteiger charge is 2.20. The Hall–Kier alpha value is -1.36. The summed E-state index contributed by atoms with van der Waals surface area (Å²) in [6.45, 7) is 6.54. The lowest BCUT2D eigenvalue weighted by atomic mass is 10.1. The van der Waals surface area contributed by atoms with Gasteiger partial charge in [0.2, 0.25) is 0 Å². The van der Waals surface area contributed by atoms with Gasteiger partial charge in [-0.15, -0.1) is 0 Å². The molecule has 1 aromatic heterocycles. The van der Waals surface area contributed by atoms with Gasteiger partial charge in [0.25, 0.3) is 5.56 Å². The summed E-state index contributed by atoms with van der Waals surface area (Å²) >= 11 is 0. The molecule has 1 unspecified atom stereocenters. The maximum absolute atomic E-state index is 12.3. The summed E-state index contributed by atoms with van der Waals surface area (Å²) in [7, 11) is 0. The number of nitrogens with two attached hydrogens (primary N) is 1. The molecule has 5 heteroatoms. The standard InChI is InChI=1S/C13H22N4O/c1-10(2)8-17-7-5-15-12(13(17)18)16-6-3-4-11(14)9-16/h5,7,10-11H,3-4,6,8-9,14H2,1-2H3. The van der Waals surface area contributed by atoms with E-state index in [1.54, 1.807) is 17.0 Å². The number of rotatable bonds is 3. The molecule has 0 aliphatic carbocycles. The van der Waals surface area contributed by atoms with E-state index in [0.29, 0.717) is 11.7 Å². The second-order valence-electron chi connectivity index (χ2n) is 5.45. The molecular weight excluding hydrogens is 228 g/mol. The summed E-state index contributed by atoms with van der Waals surface area (Å²) in [4.78, 5) is 18.6. The van der Waals surface area contributed by atoms with Crippen LogP contribution in [0.25, 0.3) is 0 Å². The van der Waals surface area contributed by atoms with Gasteiger partial charge in [0.1, 0.15) is 0 Å². The summed E-state index contributed by atoms with van der Waals surface area (Å²) in [6.07, 6.45) is 5.53. The van der Waals surface area contributed by atoms with Gasteiger partial charge in [0, 0.05) is 38.1 Å². The Kier molecular flexibility index (Phi) is 4.01. The molecule has 1 saturated heterocycles. The van der Waals surface area contributed by atoms with E-state index in [4.69, 9.17) is 5.73 Å². The van der Waals surface area contributed by atoms with Crippen LogP contribution in [0.15, 0.2) is 17.2 Å². The fraction of sp³-hybridized carbons (Fsp3) is 0.692. The molecule has 0 radical (unpaired) electrons. The second kappa shape index (κ2) is 5.52. The van der Waals surface area contributed by atoms with E-state index in [-0.39, 0.29) is 11.6 Å². The second-order valence-corrected chi connectivity index (χ2v) is 5.45. The lowest BCUT2D eigenvalue weighted by Gasteiger charge is -2.31. The van der Waals surface area contributed by atoms with E-state index in [0.717, 1.165) is 32.5 Å². The van der Waals surface area contributed by atoms with E-state index in [2.05, 4.69) is 18.8 Å². The predicted molar refractivity (Wildman–Crippen MR) is 72.8 cm³/mol. The maximum atomic E-state index is 12.3. The third-order valence-electron chi connectivity index (χ3n) is 3.21. The minimum Gasteiger partial charge on any atom is -0.350 e. The Morgan fingerprint density at radius 3 is 3.00 bits per heavy atom. The first-order valence-corrected chi connectivity index (χ1v) is 6.64. The van der Waals surface area contributed by atoms with E-state index in [1.807, 2.05) is 4.90 Å². The van der Waals surface area contributed by atoms with Gasteiger partial charge in [-0.2, -0.15) is 0 Å². The van der Waals surface area contributed by atoms with Crippen molar-refractivity contribution in [1.82, 2.24) is 9.55 Å². The molecule has 18 heavy (non-hydrogen) atoms. The molecule has 0 amide bonds. The fourth-order valence-corrected chi connectivity index (χ4v) is 2.39. The molecule has 0 spiro atoms. The Balaban J connectivity index is 2.25. The van der Waals surface area contributed by atoms with E-state index in [1.165, 1.54) is 0 Å². The molecule has 0 aromatic carbocycles. The molecule has 1 aliphatic heterocycles. The summed E-state index contributed by atoms with van der Waals surface area (Å²) in [5.41, 5.74) is 5.95. The third-order valence-corrected chi connectivity index (χ3v) is 3.21. The highest BCUT2D eigenvalue weighted by Crippen LogP contribution is 2.13. The molecule has 0 bridgehead atoms. The molecule has 1 fully saturated rings. The van der Waals surface area contributed by atoms with Crippen LogP contribution in [0, 0.1) is 5.92 Å². The van der Waals surface area contributed by atoms with Gasteiger partial charge in [-0.25, -0.2) is 4.98 Å². The zero-order valence-electron chi connectivity index (χ0n) is 11.2. The van der Waals surface area contributed by atoms with Crippen molar-refractivity contribution in [2.24, 2.45) is 11.7 Å². The fourth-order valence-electron chi connectivity index (χ4n) is 2.39. The molecule has 5 nitrogen and oxygen atoms in total. The molecule has 2 rings (SSSR count). The van der Waals surface area contributed by atoms with Crippen molar-refractivity contribution in [2.75, 3.05) is 18.0 Å². The molecule has 2 heterocycles. The largest absolute Gasteiger partial charge is 0.350 e. The number of piperidine rings is 1. The average Bonchev–Trinajstić information content (AvgIpc) is 2.31. The molecule has 2 N–H and O–H groups in total. The first-order chi connectivity index (χ1) is 8.58. The maximum Gasteiger partial charge on any atom is 0.293 e. The van der Waals surface area contributed by atoms with Gasteiger partial charge in [-0.1, -0.05) is 13.8 Å². The van der Waals surface area contributed by atoms with E-state index in [9.17, 15) is 4.79 Å². The predicted octanol–water partition coefficient (Wildman–Crippen LogP) is 0.827.